The summed E-state index contributed by atoms with van der Waals surface area (Å²) in [7, 11) is -1.17. The van der Waals surface area contributed by atoms with E-state index >= 15 is 0 Å². The molecule has 8 heteroatoms. The summed E-state index contributed by atoms with van der Waals surface area (Å²) in [6.45, 7) is 0. The normalized spacial score (nSPS) is 11.8. The average Bonchev–Trinajstić information content (AvgIpc) is 3.02. The average molecular weight is 342 g/mol. The standard InChI is InChI=1S/C16H14N4O3S/c21-15(14-18-16(22)20-19-14)17-12-6-4-5-11(9-12)10-24(23)13-7-2-1-3-8-13/h1-9H,10H2,(H,17,21)(H2,18,19,20,22)/t24-/m1/s1. The lowest BCUT2D eigenvalue weighted by Gasteiger charge is -2.06. The molecule has 0 spiro atoms. The minimum Gasteiger partial charge on any atom is -0.319 e. The minimum atomic E-state index is -1.17. The lowest BCUT2D eigenvalue weighted by molar-refractivity contribution is 0.101. The van der Waals surface area contributed by atoms with Crippen LogP contribution in [0.3, 0.4) is 0 Å². The molecule has 0 saturated heterocycles. The molecule has 0 saturated carbocycles. The molecule has 3 N–H and O–H groups in total. The third kappa shape index (κ3) is 3.85. The van der Waals surface area contributed by atoms with Crippen molar-refractivity contribution in [2.75, 3.05) is 5.32 Å². The SMILES string of the molecule is O=C(Nc1cccc(C[S@@](=O)c2ccccc2)c1)c1n[nH]c(=O)[nH]1. The smallest absolute Gasteiger partial charge is 0.319 e. The molecule has 0 aliphatic rings. The molecule has 0 unspecified atom stereocenters. The van der Waals surface area contributed by atoms with Gasteiger partial charge in [0.05, 0.1) is 16.6 Å². The van der Waals surface area contributed by atoms with E-state index in [1.807, 2.05) is 36.4 Å². The van der Waals surface area contributed by atoms with Crippen molar-refractivity contribution in [2.45, 2.75) is 10.6 Å². The molecule has 3 aromatic rings. The number of nitrogens with zero attached hydrogens (tertiary/aromatic N) is 1. The Morgan fingerprint density at radius 3 is 2.62 bits per heavy atom. The van der Waals surface area contributed by atoms with Gasteiger partial charge in [-0.1, -0.05) is 30.3 Å². The highest BCUT2D eigenvalue weighted by molar-refractivity contribution is 7.84. The maximum Gasteiger partial charge on any atom is 0.341 e. The Labute approximate surface area is 139 Å². The number of nitrogens with one attached hydrogen (secondary N) is 3. The predicted octanol–water partition coefficient (Wildman–Crippen LogP) is 1.66. The van der Waals surface area contributed by atoms with Gasteiger partial charge in [0.25, 0.3) is 5.91 Å². The third-order valence-electron chi connectivity index (χ3n) is 3.20. The highest BCUT2D eigenvalue weighted by Gasteiger charge is 2.11. The van der Waals surface area contributed by atoms with Gasteiger partial charge < -0.3 is 5.32 Å². The molecule has 7 nitrogen and oxygen atoms in total. The van der Waals surface area contributed by atoms with E-state index in [1.165, 1.54) is 0 Å². The number of carbonyl (C=O) groups is 1. The zero-order valence-corrected chi connectivity index (χ0v) is 13.3. The number of aromatic nitrogens is 3. The molecule has 24 heavy (non-hydrogen) atoms. The van der Waals surface area contributed by atoms with Gasteiger partial charge in [0.2, 0.25) is 5.82 Å². The summed E-state index contributed by atoms with van der Waals surface area (Å²) in [4.78, 5) is 26.0. The Balaban J connectivity index is 1.71. The fourth-order valence-corrected chi connectivity index (χ4v) is 3.22. The first-order chi connectivity index (χ1) is 11.6. The van der Waals surface area contributed by atoms with Crippen molar-refractivity contribution in [3.63, 3.8) is 0 Å². The van der Waals surface area contributed by atoms with Crippen molar-refractivity contribution in [3.8, 4) is 0 Å². The second-order valence-electron chi connectivity index (χ2n) is 4.98. The molecule has 0 aliphatic carbocycles. The molecule has 0 aliphatic heterocycles. The van der Waals surface area contributed by atoms with Gasteiger partial charge in [-0.3, -0.25) is 14.0 Å². The molecule has 0 fully saturated rings. The fourth-order valence-electron chi connectivity index (χ4n) is 2.11. The number of aromatic amines is 2. The van der Waals surface area contributed by atoms with E-state index in [4.69, 9.17) is 0 Å². The van der Waals surface area contributed by atoms with Gasteiger partial charge in [-0.05, 0) is 29.8 Å². The van der Waals surface area contributed by atoms with E-state index in [1.54, 1.807) is 18.2 Å². The highest BCUT2D eigenvalue weighted by atomic mass is 32.2. The van der Waals surface area contributed by atoms with Crippen LogP contribution in [0.5, 0.6) is 0 Å². The molecule has 1 aromatic heterocycles. The predicted molar refractivity (Wildman–Crippen MR) is 90.2 cm³/mol. The van der Waals surface area contributed by atoms with Crippen LogP contribution in [0.2, 0.25) is 0 Å². The van der Waals surface area contributed by atoms with Gasteiger partial charge in [0, 0.05) is 10.6 Å². The number of amides is 1. The first-order valence-electron chi connectivity index (χ1n) is 7.10. The van der Waals surface area contributed by atoms with Crippen LogP contribution < -0.4 is 11.0 Å². The maximum atomic E-state index is 12.3. The van der Waals surface area contributed by atoms with Crippen molar-refractivity contribution < 1.29 is 9.00 Å². The summed E-state index contributed by atoms with van der Waals surface area (Å²) >= 11 is 0. The molecule has 2 aromatic carbocycles. The first-order valence-corrected chi connectivity index (χ1v) is 8.42. The van der Waals surface area contributed by atoms with Gasteiger partial charge in [-0.15, -0.1) is 5.10 Å². The van der Waals surface area contributed by atoms with E-state index in [0.29, 0.717) is 11.4 Å². The monoisotopic (exact) mass is 342 g/mol. The molecule has 1 atom stereocenters. The molecular weight excluding hydrogens is 328 g/mol. The van der Waals surface area contributed by atoms with E-state index in [2.05, 4.69) is 20.5 Å². The minimum absolute atomic E-state index is 0.0988. The first kappa shape index (κ1) is 15.9. The van der Waals surface area contributed by atoms with Gasteiger partial charge in [0.1, 0.15) is 0 Å². The van der Waals surface area contributed by atoms with Crippen molar-refractivity contribution in [2.24, 2.45) is 0 Å². The van der Waals surface area contributed by atoms with Crippen LogP contribution in [-0.4, -0.2) is 25.3 Å². The van der Waals surface area contributed by atoms with Gasteiger partial charge in [-0.25, -0.2) is 9.89 Å². The molecule has 122 valence electrons. The summed E-state index contributed by atoms with van der Waals surface area (Å²) in [5.41, 5.74) is 0.809. The number of hydrogen-bond donors (Lipinski definition) is 3. The van der Waals surface area contributed by atoms with Gasteiger partial charge >= 0.3 is 5.69 Å². The lowest BCUT2D eigenvalue weighted by Crippen LogP contribution is -2.15. The van der Waals surface area contributed by atoms with Crippen molar-refractivity contribution >= 4 is 22.4 Å². The van der Waals surface area contributed by atoms with Crippen LogP contribution in [-0.2, 0) is 16.6 Å². The van der Waals surface area contributed by atoms with Crippen LogP contribution in [0.15, 0.2) is 64.3 Å². The topological polar surface area (TPSA) is 108 Å². The molecule has 1 amide bonds. The molecule has 0 bridgehead atoms. The summed E-state index contributed by atoms with van der Waals surface area (Å²) in [5.74, 6) is -0.291. The molecular formula is C16H14N4O3S. The van der Waals surface area contributed by atoms with E-state index in [-0.39, 0.29) is 5.82 Å². The Kier molecular flexibility index (Phi) is 4.66. The van der Waals surface area contributed by atoms with Crippen LogP contribution in [0.25, 0.3) is 0 Å². The number of carbonyl (C=O) groups excluding carboxylic acids is 1. The van der Waals surface area contributed by atoms with Crippen molar-refractivity contribution in [1.29, 1.82) is 0 Å². The summed E-state index contributed by atoms with van der Waals surface area (Å²) < 4.78 is 12.3. The van der Waals surface area contributed by atoms with Crippen LogP contribution in [0.4, 0.5) is 5.69 Å². The summed E-state index contributed by atoms with van der Waals surface area (Å²) in [6, 6.07) is 16.2. The third-order valence-corrected chi connectivity index (χ3v) is 4.60. The zero-order valence-electron chi connectivity index (χ0n) is 12.5. The zero-order chi connectivity index (χ0) is 16.9. The Hall–Kier alpha value is -3.00. The lowest BCUT2D eigenvalue weighted by atomic mass is 10.2. The number of H-pyrrole nitrogens is 2. The molecule has 1 heterocycles. The van der Waals surface area contributed by atoms with Crippen LogP contribution >= 0.6 is 0 Å². The highest BCUT2D eigenvalue weighted by Crippen LogP contribution is 2.16. The second kappa shape index (κ2) is 7.05. The Morgan fingerprint density at radius 1 is 1.12 bits per heavy atom. The van der Waals surface area contributed by atoms with Crippen molar-refractivity contribution in [3.05, 3.63) is 76.5 Å². The summed E-state index contributed by atoms with van der Waals surface area (Å²) in [6.07, 6.45) is 0. The van der Waals surface area contributed by atoms with Gasteiger partial charge in [-0.2, -0.15) is 0 Å². The largest absolute Gasteiger partial charge is 0.341 e. The van der Waals surface area contributed by atoms with Crippen molar-refractivity contribution in [1.82, 2.24) is 15.2 Å². The molecule has 3 rings (SSSR count). The molecule has 0 radical (unpaired) electrons. The Morgan fingerprint density at radius 2 is 1.92 bits per heavy atom. The number of anilines is 1. The maximum absolute atomic E-state index is 12.3. The van der Waals surface area contributed by atoms with Crippen LogP contribution in [0.1, 0.15) is 16.2 Å². The Bertz CT molecular complexity index is 934. The van der Waals surface area contributed by atoms with E-state index in [9.17, 15) is 13.8 Å². The second-order valence-corrected chi connectivity index (χ2v) is 6.43. The van der Waals surface area contributed by atoms with E-state index in [0.717, 1.165) is 10.5 Å². The number of rotatable bonds is 5. The quantitative estimate of drug-likeness (QED) is 0.655. The van der Waals surface area contributed by atoms with Crippen LogP contribution in [0, 0.1) is 0 Å². The van der Waals surface area contributed by atoms with E-state index < -0.39 is 22.4 Å². The number of hydrogen-bond acceptors (Lipinski definition) is 4. The number of benzene rings is 2. The fraction of sp³-hybridized carbons (Fsp3) is 0.0625. The van der Waals surface area contributed by atoms with Gasteiger partial charge in [0.15, 0.2) is 0 Å². The summed E-state index contributed by atoms with van der Waals surface area (Å²) in [5, 5.41) is 8.33.